The Hall–Kier alpha value is -1.04. The van der Waals surface area contributed by atoms with Gasteiger partial charge in [-0.3, -0.25) is 4.79 Å². The zero-order valence-corrected chi connectivity index (χ0v) is 12.4. The number of aryl methyl sites for hydroxylation is 1. The molecule has 0 aliphatic carbocycles. The maximum atomic E-state index is 10.8. The Morgan fingerprint density at radius 3 is 2.47 bits per heavy atom. The number of hydrogen-bond acceptors (Lipinski definition) is 5. The summed E-state index contributed by atoms with van der Waals surface area (Å²) in [5, 5.41) is 8.34. The number of nitrogens with zero attached hydrogens (tertiary/aromatic N) is 3. The van der Waals surface area contributed by atoms with Gasteiger partial charge in [-0.05, 0) is 6.92 Å². The molecule has 1 rings (SSSR count). The molecule has 0 aliphatic rings. The number of carbonyl (C=O) groups is 1. The summed E-state index contributed by atoms with van der Waals surface area (Å²) in [6, 6.07) is 0. The third-order valence-electron chi connectivity index (χ3n) is 1.47. The van der Waals surface area contributed by atoms with Crippen LogP contribution in [0.1, 0.15) is 34.6 Å². The predicted octanol–water partition coefficient (Wildman–Crippen LogP) is 2.62. The molecule has 0 radical (unpaired) electrons. The number of esters is 1. The van der Waals surface area contributed by atoms with Gasteiger partial charge in [0.2, 0.25) is 0 Å². The average molecular weight is 261 g/mol. The van der Waals surface area contributed by atoms with Crippen molar-refractivity contribution in [3.8, 4) is 0 Å². The summed E-state index contributed by atoms with van der Waals surface area (Å²) < 4.78 is 6.37. The smallest absolute Gasteiger partial charge is 0.316 e. The van der Waals surface area contributed by atoms with Crippen LogP contribution in [0, 0.1) is 0 Å². The van der Waals surface area contributed by atoms with Crippen molar-refractivity contribution in [3.63, 3.8) is 0 Å². The van der Waals surface area contributed by atoms with Crippen molar-refractivity contribution in [1.29, 1.82) is 0 Å². The van der Waals surface area contributed by atoms with Gasteiger partial charge in [-0.2, -0.15) is 0 Å². The molecule has 0 amide bonds. The van der Waals surface area contributed by atoms with Crippen molar-refractivity contribution < 1.29 is 9.53 Å². The molecule has 0 unspecified atom stereocenters. The van der Waals surface area contributed by atoms with Crippen LogP contribution < -0.4 is 0 Å². The highest BCUT2D eigenvalue weighted by Crippen LogP contribution is 2.14. The molecule has 1 aromatic heterocycles. The van der Waals surface area contributed by atoms with E-state index in [1.54, 1.807) is 6.33 Å². The molecule has 1 heterocycles. The summed E-state index contributed by atoms with van der Waals surface area (Å²) in [5.74, 6) is 0.0190. The van der Waals surface area contributed by atoms with Gasteiger partial charge in [0.05, 0.1) is 12.9 Å². The molecule has 100 valence electrons. The number of ether oxygens (including phenoxy) is 1. The highest BCUT2D eigenvalue weighted by molar-refractivity contribution is 7.99. The van der Waals surface area contributed by atoms with E-state index in [1.807, 2.05) is 39.2 Å². The number of methoxy groups -OCH3 is 1. The lowest BCUT2D eigenvalue weighted by Gasteiger charge is -2.00. The second-order valence-electron chi connectivity index (χ2n) is 2.26. The number of thioether (sulfide) groups is 1. The Bertz CT molecular complexity index is 290. The second kappa shape index (κ2) is 13.0. The largest absolute Gasteiger partial charge is 0.468 e. The summed E-state index contributed by atoms with van der Waals surface area (Å²) in [5.41, 5.74) is 0. The van der Waals surface area contributed by atoms with E-state index in [1.165, 1.54) is 18.9 Å². The van der Waals surface area contributed by atoms with Gasteiger partial charge in [0, 0.05) is 6.54 Å². The van der Waals surface area contributed by atoms with Crippen molar-refractivity contribution in [1.82, 2.24) is 14.8 Å². The molecular formula is C11H23N3O2S. The van der Waals surface area contributed by atoms with Gasteiger partial charge >= 0.3 is 5.97 Å². The van der Waals surface area contributed by atoms with Crippen LogP contribution in [0.4, 0.5) is 0 Å². The molecule has 5 nitrogen and oxygen atoms in total. The molecule has 0 saturated carbocycles. The standard InChI is InChI=1S/C7H11N3O2S.2C2H6/c1-3-10-5-8-9-7(10)13-4-6(11)12-2;2*1-2/h5H,3-4H2,1-2H3;2*1-2H3. The minimum absolute atomic E-state index is 0.254. The summed E-state index contributed by atoms with van der Waals surface area (Å²) in [7, 11) is 1.37. The van der Waals surface area contributed by atoms with E-state index in [0.29, 0.717) is 0 Å². The topological polar surface area (TPSA) is 57.0 Å². The number of aromatic nitrogens is 3. The summed E-state index contributed by atoms with van der Waals surface area (Å²) in [4.78, 5) is 10.8. The molecule has 0 fully saturated rings. The van der Waals surface area contributed by atoms with Crippen LogP contribution in [0.3, 0.4) is 0 Å². The monoisotopic (exact) mass is 261 g/mol. The zero-order chi connectivity index (χ0) is 13.7. The lowest BCUT2D eigenvalue weighted by molar-refractivity contribution is -0.137. The lowest BCUT2D eigenvalue weighted by Crippen LogP contribution is -2.04. The van der Waals surface area contributed by atoms with Crippen molar-refractivity contribution in [2.75, 3.05) is 12.9 Å². The van der Waals surface area contributed by atoms with Gasteiger partial charge in [-0.15, -0.1) is 10.2 Å². The van der Waals surface area contributed by atoms with Gasteiger partial charge in [0.1, 0.15) is 6.33 Å². The normalized spacial score (nSPS) is 8.35. The van der Waals surface area contributed by atoms with E-state index in [-0.39, 0.29) is 11.7 Å². The fraction of sp³-hybridized carbons (Fsp3) is 0.727. The van der Waals surface area contributed by atoms with E-state index in [4.69, 9.17) is 0 Å². The fourth-order valence-corrected chi connectivity index (χ4v) is 1.57. The average Bonchev–Trinajstić information content (AvgIpc) is 2.88. The molecule has 0 atom stereocenters. The van der Waals surface area contributed by atoms with E-state index in [9.17, 15) is 4.79 Å². The minimum Gasteiger partial charge on any atom is -0.468 e. The molecule has 0 saturated heterocycles. The van der Waals surface area contributed by atoms with Gasteiger partial charge < -0.3 is 9.30 Å². The Balaban J connectivity index is 0. The van der Waals surface area contributed by atoms with Gasteiger partial charge in [0.25, 0.3) is 0 Å². The Morgan fingerprint density at radius 2 is 2.00 bits per heavy atom. The van der Waals surface area contributed by atoms with Crippen molar-refractivity contribution in [3.05, 3.63) is 6.33 Å². The third kappa shape index (κ3) is 7.79. The second-order valence-corrected chi connectivity index (χ2v) is 3.21. The SMILES string of the molecule is CC.CC.CCn1cnnc1SCC(=O)OC. The first kappa shape index (κ1) is 18.3. The minimum atomic E-state index is -0.254. The first-order valence-electron chi connectivity index (χ1n) is 5.85. The number of rotatable bonds is 4. The quantitative estimate of drug-likeness (QED) is 0.616. The molecule has 6 heteroatoms. The predicted molar refractivity (Wildman–Crippen MR) is 71.1 cm³/mol. The lowest BCUT2D eigenvalue weighted by atomic mass is 10.7. The van der Waals surface area contributed by atoms with Crippen molar-refractivity contribution in [2.24, 2.45) is 0 Å². The van der Waals surface area contributed by atoms with Crippen LogP contribution in [-0.4, -0.2) is 33.6 Å². The maximum absolute atomic E-state index is 10.8. The van der Waals surface area contributed by atoms with Crippen LogP contribution >= 0.6 is 11.8 Å². The Kier molecular flexibility index (Phi) is 14.0. The highest BCUT2D eigenvalue weighted by Gasteiger charge is 2.06. The summed E-state index contributed by atoms with van der Waals surface area (Å²) >= 11 is 1.33. The van der Waals surface area contributed by atoms with Gasteiger partial charge in [-0.1, -0.05) is 39.5 Å². The summed E-state index contributed by atoms with van der Waals surface area (Å²) in [6.07, 6.45) is 1.64. The number of hydrogen-bond donors (Lipinski definition) is 0. The van der Waals surface area contributed by atoms with Crippen molar-refractivity contribution in [2.45, 2.75) is 46.3 Å². The van der Waals surface area contributed by atoms with Crippen LogP contribution in [0.5, 0.6) is 0 Å². The van der Waals surface area contributed by atoms with E-state index < -0.39 is 0 Å². The zero-order valence-electron chi connectivity index (χ0n) is 11.6. The van der Waals surface area contributed by atoms with E-state index in [0.717, 1.165) is 11.7 Å². The van der Waals surface area contributed by atoms with Crippen LogP contribution in [0.2, 0.25) is 0 Å². The van der Waals surface area contributed by atoms with E-state index >= 15 is 0 Å². The van der Waals surface area contributed by atoms with Gasteiger partial charge in [0.15, 0.2) is 5.16 Å². The highest BCUT2D eigenvalue weighted by atomic mass is 32.2. The first-order chi connectivity index (χ1) is 8.27. The molecule has 0 spiro atoms. The third-order valence-corrected chi connectivity index (χ3v) is 2.42. The fourth-order valence-electron chi connectivity index (χ4n) is 0.755. The van der Waals surface area contributed by atoms with Crippen LogP contribution in [-0.2, 0) is 16.1 Å². The molecule has 0 aliphatic heterocycles. The van der Waals surface area contributed by atoms with E-state index in [2.05, 4.69) is 14.9 Å². The summed E-state index contributed by atoms with van der Waals surface area (Å²) in [6.45, 7) is 10.8. The Morgan fingerprint density at radius 1 is 1.41 bits per heavy atom. The van der Waals surface area contributed by atoms with Crippen LogP contribution in [0.25, 0.3) is 0 Å². The molecule has 1 aromatic rings. The first-order valence-corrected chi connectivity index (χ1v) is 6.84. The molecule has 0 bridgehead atoms. The molecule has 0 aromatic carbocycles. The maximum Gasteiger partial charge on any atom is 0.316 e. The van der Waals surface area contributed by atoms with Gasteiger partial charge in [-0.25, -0.2) is 0 Å². The molecule has 17 heavy (non-hydrogen) atoms. The molecular weight excluding hydrogens is 238 g/mol. The number of carbonyl (C=O) groups excluding carboxylic acids is 1. The van der Waals surface area contributed by atoms with Crippen molar-refractivity contribution >= 4 is 17.7 Å². The Labute approximate surface area is 108 Å². The van der Waals surface area contributed by atoms with Crippen LogP contribution in [0.15, 0.2) is 11.5 Å². The molecule has 0 N–H and O–H groups in total.